The lowest BCUT2D eigenvalue weighted by atomic mass is 9.52. The van der Waals surface area contributed by atoms with Crippen LogP contribution in [-0.2, 0) is 0 Å². The molecule has 188 valence electrons. The quantitative estimate of drug-likeness (QED) is 0.679. The third kappa shape index (κ3) is 4.07. The molecule has 2 unspecified atom stereocenters. The van der Waals surface area contributed by atoms with Crippen molar-refractivity contribution in [2.45, 2.75) is 56.7 Å². The molecule has 9 heteroatoms. The average molecular weight is 491 g/mol. The molecule has 2 aromatic rings. The van der Waals surface area contributed by atoms with E-state index in [9.17, 15) is 14.3 Å². The van der Waals surface area contributed by atoms with Crippen LogP contribution in [0.3, 0.4) is 0 Å². The summed E-state index contributed by atoms with van der Waals surface area (Å²) in [4.78, 5) is 26.4. The van der Waals surface area contributed by atoms with E-state index in [4.69, 9.17) is 5.26 Å². The largest absolute Gasteiger partial charge is 0.390 e. The first-order chi connectivity index (χ1) is 17.3. The molecule has 2 N–H and O–H groups in total. The molecule has 5 fully saturated rings. The SMILES string of the molecule is C[C@@H]1CN(c2ccc(C#N)c(F)c2)CCN1c1nccc(C(=O)NC2C3CC4CC2CC(O)(C4)C3)n1. The fraction of sp³-hybridized carbons (Fsp3) is 0.556. The van der Waals surface area contributed by atoms with Crippen LogP contribution in [-0.4, -0.2) is 58.3 Å². The van der Waals surface area contributed by atoms with Crippen molar-refractivity contribution in [2.75, 3.05) is 29.4 Å². The van der Waals surface area contributed by atoms with Crippen LogP contribution in [0.2, 0.25) is 0 Å². The highest BCUT2D eigenvalue weighted by Gasteiger charge is 2.55. The van der Waals surface area contributed by atoms with Crippen molar-refractivity contribution in [1.29, 1.82) is 5.26 Å². The highest BCUT2D eigenvalue weighted by molar-refractivity contribution is 5.92. The predicted octanol–water partition coefficient (Wildman–Crippen LogP) is 2.87. The summed E-state index contributed by atoms with van der Waals surface area (Å²) in [5.41, 5.74) is 0.615. The Hall–Kier alpha value is -3.25. The Bertz CT molecular complexity index is 1210. The van der Waals surface area contributed by atoms with Crippen molar-refractivity contribution in [2.24, 2.45) is 17.8 Å². The summed E-state index contributed by atoms with van der Waals surface area (Å²) in [5, 5.41) is 23.1. The van der Waals surface area contributed by atoms with E-state index in [0.29, 0.717) is 49.0 Å². The van der Waals surface area contributed by atoms with Crippen molar-refractivity contribution in [3.05, 3.63) is 47.5 Å². The molecule has 8 nitrogen and oxygen atoms in total. The zero-order chi connectivity index (χ0) is 25.0. The monoisotopic (exact) mass is 490 g/mol. The Morgan fingerprint density at radius 1 is 1.22 bits per heavy atom. The van der Waals surface area contributed by atoms with E-state index in [1.165, 1.54) is 12.1 Å². The first kappa shape index (κ1) is 23.2. The number of benzene rings is 1. The first-order valence-corrected chi connectivity index (χ1v) is 12.9. The number of hydrogen-bond acceptors (Lipinski definition) is 7. The molecule has 1 aliphatic heterocycles. The van der Waals surface area contributed by atoms with Gasteiger partial charge in [0.05, 0.1) is 11.2 Å². The molecule has 1 aromatic carbocycles. The summed E-state index contributed by atoms with van der Waals surface area (Å²) in [6.45, 7) is 3.97. The fourth-order valence-corrected chi connectivity index (χ4v) is 7.34. The van der Waals surface area contributed by atoms with Crippen LogP contribution in [0.4, 0.5) is 16.0 Å². The van der Waals surface area contributed by atoms with E-state index in [1.807, 2.05) is 6.07 Å². The second-order valence-corrected chi connectivity index (χ2v) is 11.2. The number of nitrogens with one attached hydrogen (secondary N) is 1. The van der Waals surface area contributed by atoms with Gasteiger partial charge in [-0.1, -0.05) is 0 Å². The number of nitrogens with zero attached hydrogens (tertiary/aromatic N) is 5. The maximum Gasteiger partial charge on any atom is 0.270 e. The standard InChI is InChI=1S/C27H31FN6O2/c1-16-15-33(21-3-2-18(14-29)22(28)10-21)6-7-34(16)26-30-5-4-23(31-26)25(35)32-24-19-8-17-9-20(24)13-27(36,11-17)12-19/h2-5,10,16-17,19-20,24,36H,6-9,11-13,15H2,1H3,(H,32,35)/t16-,17?,19?,20?,24?,27?/m1/s1. The maximum absolute atomic E-state index is 14.1. The minimum atomic E-state index is -0.526. The van der Waals surface area contributed by atoms with Crippen molar-refractivity contribution >= 4 is 17.5 Å². The summed E-state index contributed by atoms with van der Waals surface area (Å²) < 4.78 is 14.1. The van der Waals surface area contributed by atoms with Crippen LogP contribution in [0.25, 0.3) is 0 Å². The molecule has 4 aliphatic carbocycles. The van der Waals surface area contributed by atoms with Gasteiger partial charge in [-0.2, -0.15) is 5.26 Å². The lowest BCUT2D eigenvalue weighted by Crippen LogP contribution is -2.61. The van der Waals surface area contributed by atoms with E-state index >= 15 is 0 Å². The Morgan fingerprint density at radius 2 is 2.00 bits per heavy atom. The molecule has 0 spiro atoms. The number of nitriles is 1. The van der Waals surface area contributed by atoms with Crippen molar-refractivity contribution in [3.63, 3.8) is 0 Å². The number of hydrogen-bond donors (Lipinski definition) is 2. The van der Waals surface area contributed by atoms with Crippen molar-refractivity contribution in [1.82, 2.24) is 15.3 Å². The molecular formula is C27H31FN6O2. The van der Waals surface area contributed by atoms with E-state index in [0.717, 1.165) is 37.8 Å². The van der Waals surface area contributed by atoms with Gasteiger partial charge in [-0.05, 0) is 81.0 Å². The number of amides is 1. The summed E-state index contributed by atoms with van der Waals surface area (Å²) in [7, 11) is 0. The molecule has 3 atom stereocenters. The molecule has 5 aliphatic rings. The van der Waals surface area contributed by atoms with Crippen LogP contribution >= 0.6 is 0 Å². The number of anilines is 2. The summed E-state index contributed by atoms with van der Waals surface area (Å²) in [5.74, 6) is 1.09. The third-order valence-corrected chi connectivity index (χ3v) is 8.74. The van der Waals surface area contributed by atoms with Gasteiger partial charge in [-0.15, -0.1) is 0 Å². The topological polar surface area (TPSA) is 105 Å². The molecule has 1 aromatic heterocycles. The second kappa shape index (κ2) is 8.70. The van der Waals surface area contributed by atoms with E-state index in [1.54, 1.807) is 18.3 Å². The Balaban J connectivity index is 1.13. The molecule has 4 saturated carbocycles. The third-order valence-electron chi connectivity index (χ3n) is 8.74. The zero-order valence-electron chi connectivity index (χ0n) is 20.4. The number of carbonyl (C=O) groups is 1. The van der Waals surface area contributed by atoms with Gasteiger partial charge in [0.15, 0.2) is 0 Å². The van der Waals surface area contributed by atoms with Gasteiger partial charge in [0.2, 0.25) is 5.95 Å². The summed E-state index contributed by atoms with van der Waals surface area (Å²) in [6, 6.07) is 8.35. The summed E-state index contributed by atoms with van der Waals surface area (Å²) >= 11 is 0. The highest BCUT2D eigenvalue weighted by atomic mass is 19.1. The zero-order valence-corrected chi connectivity index (χ0v) is 20.4. The number of aromatic nitrogens is 2. The normalized spacial score (nSPS) is 32.9. The highest BCUT2D eigenvalue weighted by Crippen LogP contribution is 2.55. The Kier molecular flexibility index (Phi) is 5.60. The lowest BCUT2D eigenvalue weighted by Gasteiger charge is -2.58. The van der Waals surface area contributed by atoms with Crippen molar-refractivity contribution in [3.8, 4) is 6.07 Å². The van der Waals surface area contributed by atoms with Gasteiger partial charge in [-0.25, -0.2) is 14.4 Å². The minimum absolute atomic E-state index is 0.0402. The molecule has 36 heavy (non-hydrogen) atoms. The van der Waals surface area contributed by atoms with Gasteiger partial charge >= 0.3 is 0 Å². The number of rotatable bonds is 4. The molecule has 1 saturated heterocycles. The summed E-state index contributed by atoms with van der Waals surface area (Å²) in [6.07, 6.45) is 6.29. The molecule has 7 rings (SSSR count). The number of piperazine rings is 1. The van der Waals surface area contributed by atoms with Crippen LogP contribution in [0.5, 0.6) is 0 Å². The number of halogens is 1. The smallest absolute Gasteiger partial charge is 0.270 e. The lowest BCUT2D eigenvalue weighted by molar-refractivity contribution is -0.136. The fourth-order valence-electron chi connectivity index (χ4n) is 7.34. The van der Waals surface area contributed by atoms with Gasteiger partial charge in [0.25, 0.3) is 5.91 Å². The number of aliphatic hydroxyl groups is 1. The number of carbonyl (C=O) groups excluding carboxylic acids is 1. The van der Waals surface area contributed by atoms with E-state index in [-0.39, 0.29) is 23.6 Å². The molecule has 0 radical (unpaired) electrons. The van der Waals surface area contributed by atoms with Crippen LogP contribution in [0.1, 0.15) is 55.1 Å². The second-order valence-electron chi connectivity index (χ2n) is 11.2. The predicted molar refractivity (Wildman–Crippen MR) is 132 cm³/mol. The molecular weight excluding hydrogens is 459 g/mol. The Labute approximate surface area is 210 Å². The van der Waals surface area contributed by atoms with E-state index < -0.39 is 11.4 Å². The first-order valence-electron chi connectivity index (χ1n) is 12.9. The molecule has 4 bridgehead atoms. The van der Waals surface area contributed by atoms with E-state index in [2.05, 4.69) is 32.0 Å². The Morgan fingerprint density at radius 3 is 2.67 bits per heavy atom. The minimum Gasteiger partial charge on any atom is -0.390 e. The maximum atomic E-state index is 14.1. The van der Waals surface area contributed by atoms with Crippen LogP contribution < -0.4 is 15.1 Å². The van der Waals surface area contributed by atoms with Gasteiger partial charge < -0.3 is 20.2 Å². The molecule has 1 amide bonds. The van der Waals surface area contributed by atoms with Gasteiger partial charge in [0.1, 0.15) is 17.6 Å². The van der Waals surface area contributed by atoms with Crippen molar-refractivity contribution < 1.29 is 14.3 Å². The van der Waals surface area contributed by atoms with Gasteiger partial charge in [0, 0.05) is 43.6 Å². The average Bonchev–Trinajstić information content (AvgIpc) is 2.85. The van der Waals surface area contributed by atoms with Gasteiger partial charge in [-0.3, -0.25) is 4.79 Å². The van der Waals surface area contributed by atoms with Crippen LogP contribution in [0, 0.1) is 34.9 Å². The van der Waals surface area contributed by atoms with Crippen LogP contribution in [0.15, 0.2) is 30.5 Å². The molecule has 2 heterocycles.